The van der Waals surface area contributed by atoms with Crippen LogP contribution in [0.3, 0.4) is 0 Å². The summed E-state index contributed by atoms with van der Waals surface area (Å²) in [4.78, 5) is 27.1. The van der Waals surface area contributed by atoms with Crippen molar-refractivity contribution >= 4 is 16.9 Å². The van der Waals surface area contributed by atoms with Crippen molar-refractivity contribution in [3.05, 3.63) is 69.6 Å². The number of ether oxygens (including phenoxy) is 2. The maximum Gasteiger partial charge on any atom is 0.290 e. The summed E-state index contributed by atoms with van der Waals surface area (Å²) in [7, 11) is 0. The molecule has 3 aromatic rings. The summed E-state index contributed by atoms with van der Waals surface area (Å²) >= 11 is 0. The predicted molar refractivity (Wildman–Crippen MR) is 110 cm³/mol. The molecule has 29 heavy (non-hydrogen) atoms. The molecule has 0 bridgehead atoms. The molecule has 1 amide bonds. The highest BCUT2D eigenvalue weighted by atomic mass is 16.5. The van der Waals surface area contributed by atoms with E-state index in [4.69, 9.17) is 13.9 Å². The second kappa shape index (κ2) is 7.99. The Bertz CT molecular complexity index is 1120. The molecule has 2 heterocycles. The Morgan fingerprint density at radius 3 is 2.45 bits per heavy atom. The van der Waals surface area contributed by atoms with Gasteiger partial charge in [0.15, 0.2) is 22.7 Å². The van der Waals surface area contributed by atoms with E-state index in [0.717, 1.165) is 16.9 Å². The first-order valence-corrected chi connectivity index (χ1v) is 9.84. The van der Waals surface area contributed by atoms with Crippen LogP contribution in [0.5, 0.6) is 11.5 Å². The summed E-state index contributed by atoms with van der Waals surface area (Å²) in [6, 6.07) is 12.2. The molecule has 2 aromatic carbocycles. The van der Waals surface area contributed by atoms with Crippen molar-refractivity contribution < 1.29 is 18.7 Å². The van der Waals surface area contributed by atoms with Crippen LogP contribution in [-0.2, 0) is 13.0 Å². The van der Waals surface area contributed by atoms with Crippen molar-refractivity contribution in [1.29, 1.82) is 0 Å². The Morgan fingerprint density at radius 1 is 1.03 bits per heavy atom. The monoisotopic (exact) mass is 393 g/mol. The highest BCUT2D eigenvalue weighted by molar-refractivity contribution is 5.93. The van der Waals surface area contributed by atoms with E-state index < -0.39 is 0 Å². The third-order valence-electron chi connectivity index (χ3n) is 5.01. The lowest BCUT2D eigenvalue weighted by Gasteiger charge is -2.29. The number of rotatable bonds is 5. The van der Waals surface area contributed by atoms with Gasteiger partial charge in [0.05, 0.1) is 18.6 Å². The van der Waals surface area contributed by atoms with Crippen LogP contribution in [0, 0.1) is 0 Å². The van der Waals surface area contributed by atoms with Crippen molar-refractivity contribution in [3.63, 3.8) is 0 Å². The summed E-state index contributed by atoms with van der Waals surface area (Å²) in [5.41, 5.74) is 2.36. The summed E-state index contributed by atoms with van der Waals surface area (Å²) in [5, 5.41) is 0.470. The van der Waals surface area contributed by atoms with Crippen LogP contribution in [-0.4, -0.2) is 30.6 Å². The van der Waals surface area contributed by atoms with Crippen LogP contribution >= 0.6 is 0 Å². The fourth-order valence-corrected chi connectivity index (χ4v) is 3.64. The molecule has 1 aliphatic rings. The largest absolute Gasteiger partial charge is 0.490 e. The topological polar surface area (TPSA) is 69.0 Å². The van der Waals surface area contributed by atoms with Crippen LogP contribution in [0.25, 0.3) is 11.0 Å². The molecule has 1 aliphatic heterocycles. The molecule has 1 aromatic heterocycles. The molecule has 150 valence electrons. The van der Waals surface area contributed by atoms with E-state index >= 15 is 0 Å². The summed E-state index contributed by atoms with van der Waals surface area (Å²) < 4.78 is 17.1. The van der Waals surface area contributed by atoms with Crippen molar-refractivity contribution in [2.75, 3.05) is 19.8 Å². The molecule has 4 rings (SSSR count). The van der Waals surface area contributed by atoms with Gasteiger partial charge in [0.2, 0.25) is 0 Å². The fourth-order valence-electron chi connectivity index (χ4n) is 3.64. The third-order valence-corrected chi connectivity index (χ3v) is 5.01. The van der Waals surface area contributed by atoms with Gasteiger partial charge >= 0.3 is 0 Å². The van der Waals surface area contributed by atoms with Crippen molar-refractivity contribution in [3.8, 4) is 11.5 Å². The summed E-state index contributed by atoms with van der Waals surface area (Å²) in [5.74, 6) is 1.19. The number of carbonyl (C=O) groups excluding carboxylic acids is 1. The molecule has 0 saturated heterocycles. The first-order valence-electron chi connectivity index (χ1n) is 9.84. The fraction of sp³-hybridized carbons (Fsp3) is 0.304. The quantitative estimate of drug-likeness (QED) is 0.660. The molecular weight excluding hydrogens is 370 g/mol. The normalized spacial score (nSPS) is 13.2. The zero-order chi connectivity index (χ0) is 20.4. The number of para-hydroxylation sites is 1. The SMILES string of the molecule is CCOc1cc2c(cc1OCC)CN(C(=O)c1cc(=O)c3ccccc3o1)CC2. The molecule has 0 saturated carbocycles. The Morgan fingerprint density at radius 2 is 1.72 bits per heavy atom. The number of hydrogen-bond acceptors (Lipinski definition) is 5. The van der Waals surface area contributed by atoms with Gasteiger partial charge in [-0.05, 0) is 55.7 Å². The van der Waals surface area contributed by atoms with Crippen LogP contribution < -0.4 is 14.9 Å². The molecule has 0 fully saturated rings. The Hall–Kier alpha value is -3.28. The molecule has 6 heteroatoms. The predicted octanol–water partition coefficient (Wildman–Crippen LogP) is 3.79. The highest BCUT2D eigenvalue weighted by Gasteiger charge is 2.26. The van der Waals surface area contributed by atoms with Gasteiger partial charge in [0, 0.05) is 19.2 Å². The van der Waals surface area contributed by atoms with Gasteiger partial charge in [0.1, 0.15) is 5.58 Å². The van der Waals surface area contributed by atoms with Gasteiger partial charge in [-0.3, -0.25) is 9.59 Å². The van der Waals surface area contributed by atoms with Gasteiger partial charge < -0.3 is 18.8 Å². The minimum absolute atomic E-state index is 0.0631. The Kier molecular flexibility index (Phi) is 5.25. The minimum atomic E-state index is -0.287. The van der Waals surface area contributed by atoms with Crippen LogP contribution in [0.2, 0.25) is 0 Å². The first-order chi connectivity index (χ1) is 14.1. The maximum atomic E-state index is 13.0. The molecule has 0 spiro atoms. The van der Waals surface area contributed by atoms with Gasteiger partial charge in [-0.2, -0.15) is 0 Å². The third kappa shape index (κ3) is 3.70. The molecule has 6 nitrogen and oxygen atoms in total. The van der Waals surface area contributed by atoms with Gasteiger partial charge in [-0.15, -0.1) is 0 Å². The lowest BCUT2D eigenvalue weighted by molar-refractivity contribution is 0.0702. The molecule has 0 radical (unpaired) electrons. The Labute approximate surface area is 168 Å². The lowest BCUT2D eigenvalue weighted by atomic mass is 9.98. The number of fused-ring (bicyclic) bond motifs is 2. The zero-order valence-corrected chi connectivity index (χ0v) is 16.6. The maximum absolute atomic E-state index is 13.0. The lowest BCUT2D eigenvalue weighted by Crippen LogP contribution is -2.36. The molecule has 0 unspecified atom stereocenters. The first kappa shape index (κ1) is 19.1. The molecular formula is C23H23NO5. The van der Waals surface area contributed by atoms with Gasteiger partial charge in [0.25, 0.3) is 5.91 Å². The smallest absolute Gasteiger partial charge is 0.290 e. The number of carbonyl (C=O) groups is 1. The average Bonchev–Trinajstić information content (AvgIpc) is 2.73. The molecule has 0 N–H and O–H groups in total. The van der Waals surface area contributed by atoms with E-state index in [1.807, 2.05) is 26.0 Å². The number of benzene rings is 2. The highest BCUT2D eigenvalue weighted by Crippen LogP contribution is 2.34. The van der Waals surface area contributed by atoms with E-state index in [9.17, 15) is 9.59 Å². The standard InChI is InChI=1S/C23H23NO5/c1-3-27-20-11-15-9-10-24(14-16(15)12-21(20)28-4-2)23(26)22-13-18(25)17-7-5-6-8-19(17)29-22/h5-8,11-13H,3-4,9-10,14H2,1-2H3. The van der Waals surface area contributed by atoms with Gasteiger partial charge in [-0.25, -0.2) is 0 Å². The Balaban J connectivity index is 1.63. The molecule has 0 atom stereocenters. The van der Waals surface area contributed by atoms with Crippen LogP contribution in [0.1, 0.15) is 35.5 Å². The second-order valence-corrected chi connectivity index (χ2v) is 6.88. The number of hydrogen-bond donors (Lipinski definition) is 0. The van der Waals surface area contributed by atoms with Crippen LogP contribution in [0.4, 0.5) is 0 Å². The minimum Gasteiger partial charge on any atom is -0.490 e. The summed E-state index contributed by atoms with van der Waals surface area (Å²) in [6.07, 6.45) is 0.700. The number of amides is 1. The van der Waals surface area contributed by atoms with Gasteiger partial charge in [-0.1, -0.05) is 12.1 Å². The van der Waals surface area contributed by atoms with Crippen molar-refractivity contribution in [2.24, 2.45) is 0 Å². The van der Waals surface area contributed by atoms with E-state index in [2.05, 4.69) is 0 Å². The average molecular weight is 393 g/mol. The van der Waals surface area contributed by atoms with Crippen LogP contribution in [0.15, 0.2) is 51.7 Å². The van der Waals surface area contributed by atoms with E-state index in [0.29, 0.717) is 49.4 Å². The van der Waals surface area contributed by atoms with Crippen molar-refractivity contribution in [1.82, 2.24) is 4.90 Å². The molecule has 0 aliphatic carbocycles. The van der Waals surface area contributed by atoms with E-state index in [1.54, 1.807) is 29.2 Å². The number of nitrogens with zero attached hydrogens (tertiary/aromatic N) is 1. The zero-order valence-electron chi connectivity index (χ0n) is 16.6. The van der Waals surface area contributed by atoms with Crippen molar-refractivity contribution in [2.45, 2.75) is 26.8 Å². The summed E-state index contributed by atoms with van der Waals surface area (Å²) in [6.45, 7) is 5.92. The van der Waals surface area contributed by atoms with E-state index in [-0.39, 0.29) is 17.1 Å². The second-order valence-electron chi connectivity index (χ2n) is 6.88. The van der Waals surface area contributed by atoms with E-state index in [1.165, 1.54) is 6.07 Å².